The van der Waals surface area contributed by atoms with Gasteiger partial charge in [-0.3, -0.25) is 0 Å². The maximum atomic E-state index is 11.5. The summed E-state index contributed by atoms with van der Waals surface area (Å²) in [6, 6.07) is 8.65. The minimum absolute atomic E-state index is 0.0447. The first-order chi connectivity index (χ1) is 9.37. The molecule has 0 aromatic heterocycles. The number of nitrogens with one attached hydrogen (secondary N) is 2. The number of hydrogen-bond acceptors (Lipinski definition) is 3. The Balaban J connectivity index is 1.96. The van der Waals surface area contributed by atoms with E-state index >= 15 is 0 Å². The van der Waals surface area contributed by atoms with E-state index in [2.05, 4.69) is 41.2 Å². The van der Waals surface area contributed by atoms with E-state index in [0.717, 1.165) is 12.8 Å². The minimum Gasteiger partial charge on any atom is -0.304 e. The van der Waals surface area contributed by atoms with Crippen molar-refractivity contribution in [3.63, 3.8) is 0 Å². The van der Waals surface area contributed by atoms with E-state index in [0.29, 0.717) is 6.54 Å². The molecule has 5 heteroatoms. The van der Waals surface area contributed by atoms with Crippen molar-refractivity contribution in [1.29, 1.82) is 0 Å². The molecule has 1 atom stereocenters. The number of rotatable bonds is 7. The van der Waals surface area contributed by atoms with Gasteiger partial charge in [0, 0.05) is 18.1 Å². The van der Waals surface area contributed by atoms with Crippen molar-refractivity contribution in [3.8, 4) is 0 Å². The Hall–Kier alpha value is -0.910. The standard InChI is InChI=1S/C15H24N2O2S/c1-4-20(18,19)16-11-13(3)17-15(8-9-15)14-7-5-6-12(2)10-14/h5-7,10,13,16-17H,4,8-9,11H2,1-3H3/t13-/m1/s1. The molecule has 1 aromatic carbocycles. The minimum atomic E-state index is -3.11. The van der Waals surface area contributed by atoms with Gasteiger partial charge in [0.2, 0.25) is 10.0 Å². The van der Waals surface area contributed by atoms with Gasteiger partial charge in [-0.15, -0.1) is 0 Å². The van der Waals surface area contributed by atoms with Gasteiger partial charge >= 0.3 is 0 Å². The van der Waals surface area contributed by atoms with Crippen LogP contribution in [0.15, 0.2) is 24.3 Å². The van der Waals surface area contributed by atoms with Crippen molar-refractivity contribution in [2.45, 2.75) is 45.2 Å². The lowest BCUT2D eigenvalue weighted by Crippen LogP contribution is -2.44. The number of sulfonamides is 1. The molecule has 2 rings (SSSR count). The predicted molar refractivity (Wildman–Crippen MR) is 82.2 cm³/mol. The van der Waals surface area contributed by atoms with E-state index in [9.17, 15) is 8.42 Å². The maximum absolute atomic E-state index is 11.5. The molecule has 20 heavy (non-hydrogen) atoms. The molecule has 1 fully saturated rings. The average molecular weight is 296 g/mol. The van der Waals surface area contributed by atoms with Crippen LogP contribution >= 0.6 is 0 Å². The number of aryl methyl sites for hydroxylation is 1. The highest BCUT2D eigenvalue weighted by Gasteiger charge is 2.44. The van der Waals surface area contributed by atoms with E-state index < -0.39 is 10.0 Å². The Morgan fingerprint density at radius 3 is 2.60 bits per heavy atom. The fourth-order valence-corrected chi connectivity index (χ4v) is 3.17. The molecule has 112 valence electrons. The molecule has 0 aliphatic heterocycles. The van der Waals surface area contributed by atoms with Crippen LogP contribution in [0.2, 0.25) is 0 Å². The number of hydrogen-bond donors (Lipinski definition) is 2. The highest BCUT2D eigenvalue weighted by Crippen LogP contribution is 2.45. The lowest BCUT2D eigenvalue weighted by atomic mass is 10.0. The van der Waals surface area contributed by atoms with Gasteiger partial charge in [0.1, 0.15) is 0 Å². The Morgan fingerprint density at radius 2 is 2.05 bits per heavy atom. The van der Waals surface area contributed by atoms with Crippen LogP contribution in [-0.4, -0.2) is 26.8 Å². The van der Waals surface area contributed by atoms with Crippen molar-refractivity contribution >= 4 is 10.0 Å². The Kier molecular flexibility index (Phi) is 4.52. The fourth-order valence-electron chi connectivity index (χ4n) is 2.46. The monoisotopic (exact) mass is 296 g/mol. The largest absolute Gasteiger partial charge is 0.304 e. The molecule has 1 aliphatic carbocycles. The van der Waals surface area contributed by atoms with Gasteiger partial charge in [-0.05, 0) is 39.2 Å². The molecule has 0 heterocycles. The molecule has 0 amide bonds. The molecule has 0 unspecified atom stereocenters. The van der Waals surface area contributed by atoms with Crippen molar-refractivity contribution in [2.75, 3.05) is 12.3 Å². The zero-order chi connectivity index (χ0) is 14.8. The van der Waals surface area contributed by atoms with Crippen LogP contribution in [0.25, 0.3) is 0 Å². The molecule has 2 N–H and O–H groups in total. The molecule has 0 radical (unpaired) electrons. The third kappa shape index (κ3) is 3.81. The summed E-state index contributed by atoms with van der Waals surface area (Å²) in [6.45, 7) is 6.20. The van der Waals surface area contributed by atoms with Crippen LogP contribution in [0.4, 0.5) is 0 Å². The van der Waals surface area contributed by atoms with Crippen molar-refractivity contribution in [2.24, 2.45) is 0 Å². The first-order valence-electron chi connectivity index (χ1n) is 7.19. The molecule has 0 saturated heterocycles. The molecule has 1 saturated carbocycles. The van der Waals surface area contributed by atoms with E-state index in [1.165, 1.54) is 11.1 Å². The zero-order valence-electron chi connectivity index (χ0n) is 12.4. The second kappa shape index (κ2) is 5.84. The molecule has 0 bridgehead atoms. The summed E-state index contributed by atoms with van der Waals surface area (Å²) in [4.78, 5) is 0. The van der Waals surface area contributed by atoms with Crippen LogP contribution in [0.5, 0.6) is 0 Å². The summed E-state index contributed by atoms with van der Waals surface area (Å²) >= 11 is 0. The van der Waals surface area contributed by atoms with Gasteiger partial charge in [-0.25, -0.2) is 13.1 Å². The van der Waals surface area contributed by atoms with Gasteiger partial charge in [0.05, 0.1) is 5.75 Å². The molecular formula is C15H24N2O2S. The van der Waals surface area contributed by atoms with Crippen molar-refractivity contribution in [3.05, 3.63) is 35.4 Å². The Morgan fingerprint density at radius 1 is 1.35 bits per heavy atom. The quantitative estimate of drug-likeness (QED) is 0.808. The van der Waals surface area contributed by atoms with Gasteiger partial charge < -0.3 is 5.32 Å². The summed E-state index contributed by atoms with van der Waals surface area (Å²) in [6.07, 6.45) is 2.22. The van der Waals surface area contributed by atoms with E-state index in [1.807, 2.05) is 6.92 Å². The van der Waals surface area contributed by atoms with Crippen LogP contribution in [0, 0.1) is 6.92 Å². The lowest BCUT2D eigenvalue weighted by molar-refractivity contribution is 0.434. The molecular weight excluding hydrogens is 272 g/mol. The number of benzene rings is 1. The highest BCUT2D eigenvalue weighted by molar-refractivity contribution is 7.89. The highest BCUT2D eigenvalue weighted by atomic mass is 32.2. The topological polar surface area (TPSA) is 58.2 Å². The van der Waals surface area contributed by atoms with Gasteiger partial charge in [-0.1, -0.05) is 29.8 Å². The SMILES string of the molecule is CCS(=O)(=O)NC[C@@H](C)NC1(c2cccc(C)c2)CC1. The fraction of sp³-hybridized carbons (Fsp3) is 0.600. The zero-order valence-corrected chi connectivity index (χ0v) is 13.3. The van der Waals surface area contributed by atoms with E-state index in [4.69, 9.17) is 0 Å². The van der Waals surface area contributed by atoms with Crippen LogP contribution in [0.3, 0.4) is 0 Å². The third-order valence-electron chi connectivity index (χ3n) is 3.83. The van der Waals surface area contributed by atoms with Gasteiger partial charge in [0.25, 0.3) is 0 Å². The summed E-state index contributed by atoms with van der Waals surface area (Å²) < 4.78 is 25.6. The van der Waals surface area contributed by atoms with E-state index in [1.54, 1.807) is 6.92 Å². The maximum Gasteiger partial charge on any atom is 0.211 e. The Bertz CT molecular complexity index is 565. The first-order valence-corrected chi connectivity index (χ1v) is 8.84. The summed E-state index contributed by atoms with van der Waals surface area (Å²) in [7, 11) is -3.11. The second-order valence-electron chi connectivity index (χ2n) is 5.75. The first kappa shape index (κ1) is 15.5. The summed E-state index contributed by atoms with van der Waals surface area (Å²) in [5.41, 5.74) is 2.61. The van der Waals surface area contributed by atoms with Crippen molar-refractivity contribution < 1.29 is 8.42 Å². The molecule has 0 spiro atoms. The lowest BCUT2D eigenvalue weighted by Gasteiger charge is -2.24. The second-order valence-corrected chi connectivity index (χ2v) is 7.84. The van der Waals surface area contributed by atoms with Crippen molar-refractivity contribution in [1.82, 2.24) is 10.0 Å². The average Bonchev–Trinajstić information content (AvgIpc) is 3.18. The van der Waals surface area contributed by atoms with Crippen LogP contribution < -0.4 is 10.0 Å². The molecule has 1 aliphatic rings. The van der Waals surface area contributed by atoms with Gasteiger partial charge in [0.15, 0.2) is 0 Å². The smallest absolute Gasteiger partial charge is 0.211 e. The van der Waals surface area contributed by atoms with Gasteiger partial charge in [-0.2, -0.15) is 0 Å². The van der Waals surface area contributed by atoms with Crippen LogP contribution in [0.1, 0.15) is 37.8 Å². The van der Waals surface area contributed by atoms with Crippen LogP contribution in [-0.2, 0) is 15.6 Å². The Labute approximate surface area is 122 Å². The third-order valence-corrected chi connectivity index (χ3v) is 5.20. The molecule has 4 nitrogen and oxygen atoms in total. The summed E-state index contributed by atoms with van der Waals surface area (Å²) in [5, 5.41) is 3.58. The summed E-state index contributed by atoms with van der Waals surface area (Å²) in [5.74, 6) is 0.128. The van der Waals surface area contributed by atoms with E-state index in [-0.39, 0.29) is 17.3 Å². The molecule has 1 aromatic rings. The predicted octanol–water partition coefficient (Wildman–Crippen LogP) is 1.90. The normalized spacial score (nSPS) is 18.8.